The van der Waals surface area contributed by atoms with Crippen LogP contribution in [-0.2, 0) is 10.0 Å². The van der Waals surface area contributed by atoms with E-state index in [1.807, 2.05) is 6.92 Å². The molecule has 110 valence electrons. The number of aromatic carboxylic acids is 1. The van der Waals surface area contributed by atoms with Gasteiger partial charge in [-0.25, -0.2) is 13.2 Å². The Hall–Kier alpha value is -1.40. The third kappa shape index (κ3) is 2.86. The lowest BCUT2D eigenvalue weighted by atomic mass is 10.1. The Bertz CT molecular complexity index is 620. The van der Waals surface area contributed by atoms with Crippen LogP contribution in [0.4, 0.5) is 0 Å². The quantitative estimate of drug-likeness (QED) is 0.874. The van der Waals surface area contributed by atoms with Crippen molar-refractivity contribution in [1.29, 1.82) is 0 Å². The van der Waals surface area contributed by atoms with E-state index < -0.39 is 16.0 Å². The van der Waals surface area contributed by atoms with Crippen LogP contribution in [0.2, 0.25) is 0 Å². The zero-order chi connectivity index (χ0) is 14.9. The summed E-state index contributed by atoms with van der Waals surface area (Å²) in [5.41, 5.74) is 0.600. The summed E-state index contributed by atoms with van der Waals surface area (Å²) in [6.07, 6.45) is 2.52. The molecule has 5 nitrogen and oxygen atoms in total. The lowest BCUT2D eigenvalue weighted by Gasteiger charge is -2.21. The van der Waals surface area contributed by atoms with E-state index in [9.17, 15) is 13.2 Å². The standard InChI is InChI=1S/C14H19NO4S/c1-3-8-15(11-5-6-11)20(18,19)12-7-4-10(2)13(9-12)14(16)17/h4,7,9,11H,3,5-6,8H2,1-2H3,(H,16,17). The van der Waals surface area contributed by atoms with Gasteiger partial charge < -0.3 is 5.11 Å². The Morgan fingerprint density at radius 2 is 2.05 bits per heavy atom. The molecule has 1 aliphatic carbocycles. The third-order valence-corrected chi connectivity index (χ3v) is 5.39. The summed E-state index contributed by atoms with van der Waals surface area (Å²) < 4.78 is 26.7. The number of benzene rings is 1. The molecule has 1 aromatic rings. The van der Waals surface area contributed by atoms with Gasteiger partial charge in [-0.1, -0.05) is 13.0 Å². The molecule has 1 fully saturated rings. The first kappa shape index (κ1) is 15.0. The van der Waals surface area contributed by atoms with Gasteiger partial charge in [0.05, 0.1) is 10.5 Å². The maximum Gasteiger partial charge on any atom is 0.335 e. The minimum Gasteiger partial charge on any atom is -0.478 e. The highest BCUT2D eigenvalue weighted by Crippen LogP contribution is 2.32. The van der Waals surface area contributed by atoms with Gasteiger partial charge in [0.2, 0.25) is 10.0 Å². The van der Waals surface area contributed by atoms with Crippen LogP contribution in [-0.4, -0.2) is 36.4 Å². The van der Waals surface area contributed by atoms with Crippen molar-refractivity contribution >= 4 is 16.0 Å². The number of carboxylic acid groups (broad SMARTS) is 1. The van der Waals surface area contributed by atoms with Gasteiger partial charge in [0, 0.05) is 12.6 Å². The average Bonchev–Trinajstić information content (AvgIpc) is 3.19. The molecule has 0 atom stereocenters. The summed E-state index contributed by atoms with van der Waals surface area (Å²) in [6, 6.07) is 4.38. The van der Waals surface area contributed by atoms with E-state index in [0.717, 1.165) is 19.3 Å². The van der Waals surface area contributed by atoms with Crippen LogP contribution in [0, 0.1) is 6.92 Å². The second-order valence-corrected chi connectivity index (χ2v) is 7.02. The third-order valence-electron chi connectivity index (χ3n) is 3.44. The normalized spacial score (nSPS) is 15.6. The fourth-order valence-electron chi connectivity index (χ4n) is 2.21. The van der Waals surface area contributed by atoms with E-state index in [1.165, 1.54) is 16.4 Å². The van der Waals surface area contributed by atoms with Crippen molar-refractivity contribution in [2.45, 2.75) is 44.0 Å². The molecule has 0 spiro atoms. The highest BCUT2D eigenvalue weighted by atomic mass is 32.2. The topological polar surface area (TPSA) is 74.7 Å². The van der Waals surface area contributed by atoms with Crippen LogP contribution in [0.3, 0.4) is 0 Å². The summed E-state index contributed by atoms with van der Waals surface area (Å²) in [6.45, 7) is 4.07. The van der Waals surface area contributed by atoms with E-state index in [-0.39, 0.29) is 16.5 Å². The Morgan fingerprint density at radius 1 is 1.40 bits per heavy atom. The molecular formula is C14H19NO4S. The van der Waals surface area contributed by atoms with Gasteiger partial charge in [0.25, 0.3) is 0 Å². The van der Waals surface area contributed by atoms with Crippen LogP contribution < -0.4 is 0 Å². The molecule has 0 bridgehead atoms. The molecule has 1 aliphatic rings. The molecule has 1 saturated carbocycles. The van der Waals surface area contributed by atoms with Gasteiger partial charge in [-0.15, -0.1) is 0 Å². The number of aryl methyl sites for hydroxylation is 1. The molecule has 1 N–H and O–H groups in total. The number of carboxylic acids is 1. The summed E-state index contributed by atoms with van der Waals surface area (Å²) in [5, 5.41) is 9.11. The van der Waals surface area contributed by atoms with E-state index in [1.54, 1.807) is 13.0 Å². The Labute approximate surface area is 119 Å². The van der Waals surface area contributed by atoms with Gasteiger partial charge in [0.15, 0.2) is 0 Å². The zero-order valence-electron chi connectivity index (χ0n) is 11.7. The minimum atomic E-state index is -3.60. The smallest absolute Gasteiger partial charge is 0.335 e. The van der Waals surface area contributed by atoms with Crippen LogP contribution >= 0.6 is 0 Å². The fraction of sp³-hybridized carbons (Fsp3) is 0.500. The van der Waals surface area contributed by atoms with Gasteiger partial charge in [-0.3, -0.25) is 0 Å². The molecule has 0 heterocycles. The number of hydrogen-bond donors (Lipinski definition) is 1. The molecule has 20 heavy (non-hydrogen) atoms. The Morgan fingerprint density at radius 3 is 2.55 bits per heavy atom. The van der Waals surface area contributed by atoms with Crippen molar-refractivity contribution in [2.75, 3.05) is 6.54 Å². The van der Waals surface area contributed by atoms with E-state index in [2.05, 4.69) is 0 Å². The first-order valence-electron chi connectivity index (χ1n) is 6.73. The van der Waals surface area contributed by atoms with Gasteiger partial charge in [-0.05, 0) is 43.9 Å². The molecule has 0 aliphatic heterocycles. The molecule has 0 radical (unpaired) electrons. The summed E-state index contributed by atoms with van der Waals surface area (Å²) in [7, 11) is -3.60. The molecule has 0 unspecified atom stereocenters. The summed E-state index contributed by atoms with van der Waals surface area (Å²) in [4.78, 5) is 11.2. The number of hydrogen-bond acceptors (Lipinski definition) is 3. The van der Waals surface area contributed by atoms with Gasteiger partial charge >= 0.3 is 5.97 Å². The van der Waals surface area contributed by atoms with Crippen molar-refractivity contribution in [3.8, 4) is 0 Å². The first-order valence-corrected chi connectivity index (χ1v) is 8.17. The predicted molar refractivity (Wildman–Crippen MR) is 75.3 cm³/mol. The minimum absolute atomic E-state index is 0.0401. The van der Waals surface area contributed by atoms with E-state index in [0.29, 0.717) is 12.1 Å². The summed E-state index contributed by atoms with van der Waals surface area (Å²) in [5.74, 6) is -1.10. The molecule has 2 rings (SSSR count). The maximum atomic E-state index is 12.6. The van der Waals surface area contributed by atoms with Crippen LogP contribution in [0.25, 0.3) is 0 Å². The molecule has 0 saturated heterocycles. The molecular weight excluding hydrogens is 278 g/mol. The van der Waals surface area contributed by atoms with Crippen molar-refractivity contribution in [2.24, 2.45) is 0 Å². The second-order valence-electron chi connectivity index (χ2n) is 5.13. The Balaban J connectivity index is 2.42. The second kappa shape index (κ2) is 5.54. The molecule has 0 amide bonds. The van der Waals surface area contributed by atoms with Gasteiger partial charge in [-0.2, -0.15) is 4.31 Å². The monoisotopic (exact) mass is 297 g/mol. The number of sulfonamides is 1. The number of rotatable bonds is 6. The van der Waals surface area contributed by atoms with Crippen LogP contribution in [0.15, 0.2) is 23.1 Å². The molecule has 1 aromatic carbocycles. The van der Waals surface area contributed by atoms with E-state index >= 15 is 0 Å². The highest BCUT2D eigenvalue weighted by molar-refractivity contribution is 7.89. The number of nitrogens with zero attached hydrogens (tertiary/aromatic N) is 1. The highest BCUT2D eigenvalue weighted by Gasteiger charge is 2.37. The van der Waals surface area contributed by atoms with Crippen molar-refractivity contribution in [1.82, 2.24) is 4.31 Å². The SMILES string of the molecule is CCCN(C1CC1)S(=O)(=O)c1ccc(C)c(C(=O)O)c1. The fourth-order valence-corrected chi connectivity index (χ4v) is 4.01. The van der Waals surface area contributed by atoms with Crippen molar-refractivity contribution < 1.29 is 18.3 Å². The molecule has 0 aromatic heterocycles. The van der Waals surface area contributed by atoms with E-state index in [4.69, 9.17) is 5.11 Å². The largest absolute Gasteiger partial charge is 0.478 e. The van der Waals surface area contributed by atoms with Crippen LogP contribution in [0.5, 0.6) is 0 Å². The predicted octanol–water partition coefficient (Wildman–Crippen LogP) is 2.26. The van der Waals surface area contributed by atoms with Crippen molar-refractivity contribution in [3.05, 3.63) is 29.3 Å². The average molecular weight is 297 g/mol. The van der Waals surface area contributed by atoms with Gasteiger partial charge in [0.1, 0.15) is 0 Å². The lowest BCUT2D eigenvalue weighted by Crippen LogP contribution is -2.34. The van der Waals surface area contributed by atoms with Crippen molar-refractivity contribution in [3.63, 3.8) is 0 Å². The Kier molecular flexibility index (Phi) is 4.15. The first-order chi connectivity index (χ1) is 9.37. The summed E-state index contributed by atoms with van der Waals surface area (Å²) >= 11 is 0. The lowest BCUT2D eigenvalue weighted by molar-refractivity contribution is 0.0696. The number of carbonyl (C=O) groups is 1. The maximum absolute atomic E-state index is 12.6. The molecule has 6 heteroatoms. The zero-order valence-corrected chi connectivity index (χ0v) is 12.5. The van der Waals surface area contributed by atoms with Crippen LogP contribution in [0.1, 0.15) is 42.1 Å².